The Bertz CT molecular complexity index is 311. The Morgan fingerprint density at radius 2 is 1.16 bits per heavy atom. The minimum atomic E-state index is -0.664. The molecule has 25 heavy (non-hydrogen) atoms. The average Bonchev–Trinajstić information content (AvgIpc) is 2.60. The van der Waals surface area contributed by atoms with Crippen LogP contribution < -0.4 is 0 Å². The maximum Gasteiger partial charge on any atom is 0.303 e. The molecule has 0 amide bonds. The zero-order valence-corrected chi connectivity index (χ0v) is 17.0. The molecule has 0 spiro atoms. The van der Waals surface area contributed by atoms with Crippen molar-refractivity contribution in [2.75, 3.05) is 19.6 Å². The van der Waals surface area contributed by atoms with Crippen molar-refractivity contribution in [3.63, 3.8) is 0 Å². The van der Waals surface area contributed by atoms with E-state index in [-0.39, 0.29) is 0 Å². The van der Waals surface area contributed by atoms with Crippen molar-refractivity contribution >= 4 is 5.97 Å². The Balaban J connectivity index is 3.17. The van der Waals surface area contributed by atoms with Crippen molar-refractivity contribution in [1.82, 2.24) is 4.90 Å². The fraction of sp³-hybridized carbons (Fsp3) is 0.864. The normalized spacial score (nSPS) is 11.6. The van der Waals surface area contributed by atoms with Crippen LogP contribution in [0.3, 0.4) is 0 Å². The summed E-state index contributed by atoms with van der Waals surface area (Å²) in [4.78, 5) is 12.9. The first-order chi connectivity index (χ1) is 12.2. The number of hydrogen-bond acceptors (Lipinski definition) is 2. The van der Waals surface area contributed by atoms with Gasteiger partial charge in [-0.25, -0.2) is 0 Å². The summed E-state index contributed by atoms with van der Waals surface area (Å²) in [6.45, 7) is 8.15. The van der Waals surface area contributed by atoms with Gasteiger partial charge in [0.05, 0.1) is 0 Å². The van der Waals surface area contributed by atoms with E-state index in [2.05, 4.69) is 30.9 Å². The predicted molar refractivity (Wildman–Crippen MR) is 109 cm³/mol. The van der Waals surface area contributed by atoms with Crippen LogP contribution in [0.2, 0.25) is 0 Å². The van der Waals surface area contributed by atoms with E-state index in [4.69, 9.17) is 5.11 Å². The lowest BCUT2D eigenvalue weighted by Gasteiger charge is -2.17. The summed E-state index contributed by atoms with van der Waals surface area (Å²) in [5.74, 6) is -0.664. The zero-order valence-electron chi connectivity index (χ0n) is 17.0. The van der Waals surface area contributed by atoms with E-state index >= 15 is 0 Å². The molecular formula is C22H43NO2. The summed E-state index contributed by atoms with van der Waals surface area (Å²) in [5, 5.41) is 8.56. The van der Waals surface area contributed by atoms with Crippen molar-refractivity contribution in [1.29, 1.82) is 0 Å². The summed E-state index contributed by atoms with van der Waals surface area (Å²) >= 11 is 0. The van der Waals surface area contributed by atoms with Gasteiger partial charge in [0.15, 0.2) is 0 Å². The third kappa shape index (κ3) is 19.3. The number of carboxylic acids is 1. The van der Waals surface area contributed by atoms with Crippen LogP contribution in [0.5, 0.6) is 0 Å². The number of carbonyl (C=O) groups is 1. The molecular weight excluding hydrogens is 310 g/mol. The molecule has 0 aliphatic heterocycles. The molecule has 0 atom stereocenters. The van der Waals surface area contributed by atoms with Crippen molar-refractivity contribution in [3.05, 3.63) is 12.2 Å². The summed E-state index contributed by atoms with van der Waals surface area (Å²) in [5.41, 5.74) is 0. The highest BCUT2D eigenvalue weighted by Crippen LogP contribution is 2.10. The minimum absolute atomic E-state index is 0.329. The molecule has 148 valence electrons. The van der Waals surface area contributed by atoms with Gasteiger partial charge in [0.1, 0.15) is 0 Å². The summed E-state index contributed by atoms with van der Waals surface area (Å²) in [7, 11) is 0. The number of hydrogen-bond donors (Lipinski definition) is 1. The van der Waals surface area contributed by atoms with Gasteiger partial charge in [-0.3, -0.25) is 4.79 Å². The van der Waals surface area contributed by atoms with E-state index in [1.807, 2.05) is 0 Å². The maximum atomic E-state index is 10.4. The van der Waals surface area contributed by atoms with Gasteiger partial charge >= 0.3 is 5.97 Å². The predicted octanol–water partition coefficient (Wildman–Crippen LogP) is 6.43. The SMILES string of the molecule is CCN(CC)CCCCCCCC/C=C\CCCCCCCC(=O)O. The van der Waals surface area contributed by atoms with Crippen molar-refractivity contribution in [2.45, 2.75) is 104 Å². The molecule has 0 rings (SSSR count). The molecule has 0 saturated carbocycles. The smallest absolute Gasteiger partial charge is 0.303 e. The van der Waals surface area contributed by atoms with Crippen molar-refractivity contribution in [2.24, 2.45) is 0 Å². The molecule has 0 aliphatic carbocycles. The molecule has 3 heteroatoms. The molecule has 0 saturated heterocycles. The fourth-order valence-corrected chi connectivity index (χ4v) is 3.15. The standard InChI is InChI=1S/C22H43NO2/c1-3-23(4-2)21-19-17-15-13-11-9-7-5-6-8-10-12-14-16-18-20-22(24)25/h5-6H,3-4,7-21H2,1-2H3,(H,24,25)/b6-5-. The maximum absolute atomic E-state index is 10.4. The van der Waals surface area contributed by atoms with Gasteiger partial charge in [0.2, 0.25) is 0 Å². The molecule has 0 fully saturated rings. The minimum Gasteiger partial charge on any atom is -0.481 e. The van der Waals surface area contributed by atoms with Crippen LogP contribution >= 0.6 is 0 Å². The fourth-order valence-electron chi connectivity index (χ4n) is 3.15. The highest BCUT2D eigenvalue weighted by atomic mass is 16.4. The first-order valence-electron chi connectivity index (χ1n) is 10.8. The molecule has 0 bridgehead atoms. The second-order valence-corrected chi connectivity index (χ2v) is 7.11. The van der Waals surface area contributed by atoms with Crippen LogP contribution in [-0.2, 0) is 4.79 Å². The molecule has 1 N–H and O–H groups in total. The van der Waals surface area contributed by atoms with Gasteiger partial charge in [-0.15, -0.1) is 0 Å². The largest absolute Gasteiger partial charge is 0.481 e. The second kappa shape index (κ2) is 19.5. The van der Waals surface area contributed by atoms with E-state index < -0.39 is 5.97 Å². The van der Waals surface area contributed by atoms with Crippen LogP contribution in [0.1, 0.15) is 104 Å². The van der Waals surface area contributed by atoms with E-state index in [0.29, 0.717) is 6.42 Å². The molecule has 3 nitrogen and oxygen atoms in total. The van der Waals surface area contributed by atoms with Crippen LogP contribution in [0.25, 0.3) is 0 Å². The molecule has 0 unspecified atom stereocenters. The highest BCUT2D eigenvalue weighted by molar-refractivity contribution is 5.66. The monoisotopic (exact) mass is 353 g/mol. The van der Waals surface area contributed by atoms with E-state index in [0.717, 1.165) is 12.8 Å². The lowest BCUT2D eigenvalue weighted by molar-refractivity contribution is -0.137. The highest BCUT2D eigenvalue weighted by Gasteiger charge is 1.98. The van der Waals surface area contributed by atoms with Crippen LogP contribution in [0.4, 0.5) is 0 Å². The molecule has 0 aromatic carbocycles. The van der Waals surface area contributed by atoms with Crippen molar-refractivity contribution in [3.8, 4) is 0 Å². The Labute approximate surface area is 156 Å². The number of carboxylic acid groups (broad SMARTS) is 1. The lowest BCUT2D eigenvalue weighted by Crippen LogP contribution is -2.23. The van der Waals surface area contributed by atoms with Gasteiger partial charge in [-0.2, -0.15) is 0 Å². The molecule has 0 aromatic rings. The summed E-state index contributed by atoms with van der Waals surface area (Å²) in [6.07, 6.45) is 21.2. The number of rotatable bonds is 19. The number of nitrogens with zero attached hydrogens (tertiary/aromatic N) is 1. The number of allylic oxidation sites excluding steroid dienone is 2. The first kappa shape index (κ1) is 24.2. The third-order valence-corrected chi connectivity index (χ3v) is 4.92. The third-order valence-electron chi connectivity index (χ3n) is 4.92. The average molecular weight is 354 g/mol. The topological polar surface area (TPSA) is 40.5 Å². The Hall–Kier alpha value is -0.830. The molecule has 0 aliphatic rings. The van der Waals surface area contributed by atoms with Gasteiger partial charge in [-0.1, -0.05) is 70.9 Å². The lowest BCUT2D eigenvalue weighted by atomic mass is 10.1. The van der Waals surface area contributed by atoms with E-state index in [9.17, 15) is 4.79 Å². The Kier molecular flexibility index (Phi) is 18.8. The molecule has 0 heterocycles. The van der Waals surface area contributed by atoms with Gasteiger partial charge in [0, 0.05) is 6.42 Å². The van der Waals surface area contributed by atoms with Crippen LogP contribution in [0.15, 0.2) is 12.2 Å². The Morgan fingerprint density at radius 1 is 0.720 bits per heavy atom. The van der Waals surface area contributed by atoms with Gasteiger partial charge in [-0.05, 0) is 58.2 Å². The summed E-state index contributed by atoms with van der Waals surface area (Å²) < 4.78 is 0. The first-order valence-corrected chi connectivity index (χ1v) is 10.8. The zero-order chi connectivity index (χ0) is 18.6. The molecule has 0 aromatic heterocycles. The molecule has 0 radical (unpaired) electrons. The van der Waals surface area contributed by atoms with E-state index in [1.165, 1.54) is 90.3 Å². The van der Waals surface area contributed by atoms with Crippen molar-refractivity contribution < 1.29 is 9.90 Å². The van der Waals surface area contributed by atoms with Crippen LogP contribution in [0, 0.1) is 0 Å². The quantitative estimate of drug-likeness (QED) is 0.215. The van der Waals surface area contributed by atoms with Gasteiger partial charge < -0.3 is 10.0 Å². The van der Waals surface area contributed by atoms with E-state index in [1.54, 1.807) is 0 Å². The second-order valence-electron chi connectivity index (χ2n) is 7.11. The number of aliphatic carboxylic acids is 1. The van der Waals surface area contributed by atoms with Crippen LogP contribution in [-0.4, -0.2) is 35.6 Å². The number of unbranched alkanes of at least 4 members (excludes halogenated alkanes) is 11. The Morgan fingerprint density at radius 3 is 1.64 bits per heavy atom. The van der Waals surface area contributed by atoms with Gasteiger partial charge in [0.25, 0.3) is 0 Å². The summed E-state index contributed by atoms with van der Waals surface area (Å²) in [6, 6.07) is 0.